The lowest BCUT2D eigenvalue weighted by molar-refractivity contribution is -0.143. The summed E-state index contributed by atoms with van der Waals surface area (Å²) < 4.78 is 28.5. The molecule has 0 saturated carbocycles. The van der Waals surface area contributed by atoms with Crippen molar-refractivity contribution < 1.29 is 22.7 Å². The van der Waals surface area contributed by atoms with E-state index in [1.54, 1.807) is 36.4 Å². The van der Waals surface area contributed by atoms with Crippen molar-refractivity contribution in [3.8, 4) is 0 Å². The molecule has 1 aromatic heterocycles. The Bertz CT molecular complexity index is 963. The van der Waals surface area contributed by atoms with Gasteiger partial charge in [-0.25, -0.2) is 13.2 Å². The minimum atomic E-state index is -3.34. The van der Waals surface area contributed by atoms with Crippen LogP contribution in [0.2, 0.25) is 0 Å². The van der Waals surface area contributed by atoms with Gasteiger partial charge in [0.25, 0.3) is 5.91 Å². The highest BCUT2D eigenvalue weighted by Gasteiger charge is 2.31. The third-order valence-corrected chi connectivity index (χ3v) is 5.92. The van der Waals surface area contributed by atoms with Crippen LogP contribution in [0.4, 0.5) is 5.69 Å². The second kappa shape index (κ2) is 8.32. The summed E-state index contributed by atoms with van der Waals surface area (Å²) in [7, 11) is -3.34. The van der Waals surface area contributed by atoms with Gasteiger partial charge in [-0.15, -0.1) is 0 Å². The molecule has 8 heteroatoms. The molecule has 0 fully saturated rings. The summed E-state index contributed by atoms with van der Waals surface area (Å²) in [6, 6.07) is 9.91. The Morgan fingerprint density at radius 1 is 1.22 bits per heavy atom. The molecule has 6 nitrogen and oxygen atoms in total. The fraction of sp³-hybridized carbons (Fsp3) is 0.158. The summed E-state index contributed by atoms with van der Waals surface area (Å²) in [5, 5.41) is 4.87. The second-order valence-corrected chi connectivity index (χ2v) is 8.53. The maximum Gasteiger partial charge on any atom is 0.331 e. The highest BCUT2D eigenvalue weighted by molar-refractivity contribution is 7.94. The Hall–Kier alpha value is -2.71. The van der Waals surface area contributed by atoms with Gasteiger partial charge in [0.05, 0.1) is 11.8 Å². The van der Waals surface area contributed by atoms with Gasteiger partial charge < -0.3 is 9.64 Å². The summed E-state index contributed by atoms with van der Waals surface area (Å²) in [6.07, 6.45) is 4.32. The molecule has 0 radical (unpaired) electrons. The van der Waals surface area contributed by atoms with Crippen LogP contribution in [0.1, 0.15) is 5.56 Å². The van der Waals surface area contributed by atoms with Gasteiger partial charge in [0, 0.05) is 17.2 Å². The fourth-order valence-corrected chi connectivity index (χ4v) is 4.51. The Morgan fingerprint density at radius 3 is 2.63 bits per heavy atom. The molecule has 1 atom stereocenters. The molecule has 1 aliphatic heterocycles. The molecule has 0 aliphatic carbocycles. The van der Waals surface area contributed by atoms with E-state index in [2.05, 4.69) is 0 Å². The van der Waals surface area contributed by atoms with Crippen molar-refractivity contribution in [2.24, 2.45) is 0 Å². The summed E-state index contributed by atoms with van der Waals surface area (Å²) in [5.74, 6) is -1.33. The van der Waals surface area contributed by atoms with E-state index in [0.29, 0.717) is 5.69 Å². The third-order valence-electron chi connectivity index (χ3n) is 3.84. The first-order chi connectivity index (χ1) is 12.9. The Kier molecular flexibility index (Phi) is 5.88. The molecule has 1 aromatic carbocycles. The maximum absolute atomic E-state index is 12.7. The summed E-state index contributed by atoms with van der Waals surface area (Å²) >= 11 is 1.51. The highest BCUT2D eigenvalue weighted by Crippen LogP contribution is 2.22. The van der Waals surface area contributed by atoms with E-state index in [9.17, 15) is 18.0 Å². The number of anilines is 1. The number of para-hydroxylation sites is 1. The monoisotopic (exact) mass is 403 g/mol. The number of rotatable bonds is 6. The molecule has 3 rings (SSSR count). The molecular formula is C19H17NO5S2. The number of thiophene rings is 1. The Morgan fingerprint density at radius 2 is 2.00 bits per heavy atom. The van der Waals surface area contributed by atoms with E-state index in [4.69, 9.17) is 4.74 Å². The average Bonchev–Trinajstić information content (AvgIpc) is 3.29. The number of amides is 1. The predicted molar refractivity (Wildman–Crippen MR) is 105 cm³/mol. The van der Waals surface area contributed by atoms with Crippen molar-refractivity contribution in [1.82, 2.24) is 0 Å². The standard InChI is InChI=1S/C19H17NO5S2/c21-18(12-25-19(22)7-6-15-8-10-26-13-15)20(16-4-2-1-3-5-16)17-9-11-27(23,24)14-17/h1-11,13,17H,12,14H2/b7-6+/t17-/m0/s1. The van der Waals surface area contributed by atoms with Gasteiger partial charge in [-0.1, -0.05) is 18.2 Å². The smallest absolute Gasteiger partial charge is 0.331 e. The molecular weight excluding hydrogens is 386 g/mol. The quantitative estimate of drug-likeness (QED) is 0.547. The molecule has 0 N–H and O–H groups in total. The van der Waals surface area contributed by atoms with Crippen molar-refractivity contribution in [3.05, 3.63) is 70.3 Å². The van der Waals surface area contributed by atoms with Crippen LogP contribution < -0.4 is 4.90 Å². The lowest BCUT2D eigenvalue weighted by Gasteiger charge is -2.27. The van der Waals surface area contributed by atoms with Gasteiger partial charge in [-0.3, -0.25) is 4.79 Å². The lowest BCUT2D eigenvalue weighted by atomic mass is 10.2. The summed E-state index contributed by atoms with van der Waals surface area (Å²) in [6.45, 7) is -0.480. The largest absolute Gasteiger partial charge is 0.452 e. The molecule has 2 aromatic rings. The number of carbonyl (C=O) groups is 2. The first-order valence-corrected chi connectivity index (χ1v) is 10.8. The van der Waals surface area contributed by atoms with E-state index < -0.39 is 34.4 Å². The van der Waals surface area contributed by atoms with Crippen molar-refractivity contribution in [1.29, 1.82) is 0 Å². The lowest BCUT2D eigenvalue weighted by Crippen LogP contribution is -2.43. The van der Waals surface area contributed by atoms with Gasteiger partial charge in [-0.2, -0.15) is 11.3 Å². The Labute approximate surface area is 161 Å². The number of hydrogen-bond donors (Lipinski definition) is 0. The van der Waals surface area contributed by atoms with Crippen LogP contribution in [0.3, 0.4) is 0 Å². The van der Waals surface area contributed by atoms with Crippen LogP contribution in [0.5, 0.6) is 0 Å². The normalized spacial score (nSPS) is 17.9. The van der Waals surface area contributed by atoms with E-state index in [1.807, 2.05) is 16.8 Å². The number of ether oxygens (including phenoxy) is 1. The van der Waals surface area contributed by atoms with Gasteiger partial charge in [0.15, 0.2) is 16.4 Å². The molecule has 0 saturated heterocycles. The molecule has 140 valence electrons. The molecule has 0 unspecified atom stereocenters. The molecule has 1 amide bonds. The van der Waals surface area contributed by atoms with Crippen molar-refractivity contribution >= 4 is 44.8 Å². The zero-order chi connectivity index (χ0) is 19.3. The number of nitrogens with zero attached hydrogens (tertiary/aromatic N) is 1. The van der Waals surface area contributed by atoms with E-state index in [1.165, 1.54) is 28.4 Å². The number of sulfone groups is 1. The van der Waals surface area contributed by atoms with Gasteiger partial charge in [0.2, 0.25) is 0 Å². The number of benzene rings is 1. The van der Waals surface area contributed by atoms with Crippen LogP contribution in [0.25, 0.3) is 6.08 Å². The van der Waals surface area contributed by atoms with Crippen molar-refractivity contribution in [2.45, 2.75) is 6.04 Å². The van der Waals surface area contributed by atoms with Crippen LogP contribution in [0.15, 0.2) is 64.7 Å². The fourth-order valence-electron chi connectivity index (χ4n) is 2.61. The predicted octanol–water partition coefficient (Wildman–Crippen LogP) is 2.65. The van der Waals surface area contributed by atoms with E-state index in [0.717, 1.165) is 11.0 Å². The van der Waals surface area contributed by atoms with Gasteiger partial charge >= 0.3 is 5.97 Å². The van der Waals surface area contributed by atoms with E-state index >= 15 is 0 Å². The number of hydrogen-bond acceptors (Lipinski definition) is 6. The van der Waals surface area contributed by atoms with Crippen LogP contribution >= 0.6 is 11.3 Å². The topological polar surface area (TPSA) is 80.8 Å². The average molecular weight is 403 g/mol. The third kappa shape index (κ3) is 5.15. The molecule has 0 bridgehead atoms. The maximum atomic E-state index is 12.7. The summed E-state index contributed by atoms with van der Waals surface area (Å²) in [4.78, 5) is 25.9. The molecule has 1 aliphatic rings. The zero-order valence-electron chi connectivity index (χ0n) is 14.2. The number of carbonyl (C=O) groups excluding carboxylic acids is 2. The van der Waals surface area contributed by atoms with Gasteiger partial charge in [0.1, 0.15) is 0 Å². The number of esters is 1. The SMILES string of the molecule is O=C(/C=C/c1ccsc1)OCC(=O)N(c1ccccc1)[C@H]1C=CS(=O)(=O)C1. The van der Waals surface area contributed by atoms with Crippen molar-refractivity contribution in [3.63, 3.8) is 0 Å². The second-order valence-electron chi connectivity index (χ2n) is 5.82. The highest BCUT2D eigenvalue weighted by atomic mass is 32.2. The van der Waals surface area contributed by atoms with Crippen molar-refractivity contribution in [2.75, 3.05) is 17.3 Å². The minimum Gasteiger partial charge on any atom is -0.452 e. The zero-order valence-corrected chi connectivity index (χ0v) is 15.9. The van der Waals surface area contributed by atoms with Crippen LogP contribution in [-0.4, -0.2) is 38.7 Å². The Balaban J connectivity index is 1.68. The molecule has 27 heavy (non-hydrogen) atoms. The van der Waals surface area contributed by atoms with Gasteiger partial charge in [-0.05, 0) is 46.7 Å². The first kappa shape index (κ1) is 19.1. The molecule has 0 spiro atoms. The van der Waals surface area contributed by atoms with Crippen LogP contribution in [-0.2, 0) is 24.2 Å². The minimum absolute atomic E-state index is 0.195. The van der Waals surface area contributed by atoms with Crippen LogP contribution in [0, 0.1) is 0 Å². The summed E-state index contributed by atoms with van der Waals surface area (Å²) in [5.41, 5.74) is 1.41. The first-order valence-electron chi connectivity index (χ1n) is 8.10. The van der Waals surface area contributed by atoms with E-state index in [-0.39, 0.29) is 5.75 Å². The molecule has 2 heterocycles.